The fourth-order valence-corrected chi connectivity index (χ4v) is 1.69. The number of hydrogen-bond acceptors (Lipinski definition) is 4. The van der Waals surface area contributed by atoms with Gasteiger partial charge in [0.1, 0.15) is 0 Å². The summed E-state index contributed by atoms with van der Waals surface area (Å²) in [5, 5.41) is 3.19. The number of hydrogen-bond donors (Lipinski definition) is 1. The predicted octanol–water partition coefficient (Wildman–Crippen LogP) is 1.93. The van der Waals surface area contributed by atoms with Crippen LogP contribution in [-0.2, 0) is 4.74 Å². The van der Waals surface area contributed by atoms with Crippen molar-refractivity contribution >= 4 is 11.0 Å². The topological polar surface area (TPSA) is 47.0 Å². The number of likely N-dealkylation sites (N-methyl/N-ethyl adjacent to an activating group) is 1. The quantitative estimate of drug-likeness (QED) is 0.854. The minimum Gasteiger partial charge on any atom is -0.380 e. The molecule has 2 aromatic rings. The van der Waals surface area contributed by atoms with E-state index in [2.05, 4.69) is 15.3 Å². The van der Waals surface area contributed by atoms with Crippen LogP contribution in [0.4, 0.5) is 0 Å². The van der Waals surface area contributed by atoms with Crippen LogP contribution < -0.4 is 5.32 Å². The Bertz CT molecular complexity index is 487. The maximum Gasteiger partial charge on any atom is 0.0890 e. The van der Waals surface area contributed by atoms with Gasteiger partial charge in [-0.25, -0.2) is 4.98 Å². The van der Waals surface area contributed by atoms with Crippen LogP contribution in [-0.4, -0.2) is 30.2 Å². The van der Waals surface area contributed by atoms with Crippen molar-refractivity contribution in [2.24, 2.45) is 0 Å². The van der Waals surface area contributed by atoms with Crippen LogP contribution in [0.1, 0.15) is 18.7 Å². The largest absolute Gasteiger partial charge is 0.380 e. The minimum absolute atomic E-state index is 0.0899. The average molecular weight is 231 g/mol. The van der Waals surface area contributed by atoms with Crippen molar-refractivity contribution in [3.63, 3.8) is 0 Å². The summed E-state index contributed by atoms with van der Waals surface area (Å²) in [5.74, 6) is 0. The normalized spacial score (nSPS) is 12.8. The van der Waals surface area contributed by atoms with E-state index in [1.807, 2.05) is 44.4 Å². The number of fused-ring (bicyclic) bond motifs is 1. The van der Waals surface area contributed by atoms with Crippen LogP contribution in [0.3, 0.4) is 0 Å². The lowest BCUT2D eigenvalue weighted by Crippen LogP contribution is -2.23. The third-order valence-corrected chi connectivity index (χ3v) is 2.66. The molecule has 2 rings (SSSR count). The second kappa shape index (κ2) is 5.70. The summed E-state index contributed by atoms with van der Waals surface area (Å²) in [4.78, 5) is 8.99. The molecule has 0 aliphatic carbocycles. The molecule has 0 spiro atoms. The highest BCUT2D eigenvalue weighted by Gasteiger charge is 2.11. The van der Waals surface area contributed by atoms with Crippen LogP contribution in [0.15, 0.2) is 30.5 Å². The predicted molar refractivity (Wildman–Crippen MR) is 67.8 cm³/mol. The van der Waals surface area contributed by atoms with Crippen molar-refractivity contribution in [2.75, 3.05) is 20.3 Å². The Labute approximate surface area is 101 Å². The first-order valence-corrected chi connectivity index (χ1v) is 5.82. The van der Waals surface area contributed by atoms with Gasteiger partial charge < -0.3 is 10.1 Å². The lowest BCUT2D eigenvalue weighted by molar-refractivity contribution is 0.124. The summed E-state index contributed by atoms with van der Waals surface area (Å²) in [7, 11) is 1.90. The molecule has 0 fully saturated rings. The number of nitrogens with zero attached hydrogens (tertiary/aromatic N) is 2. The van der Waals surface area contributed by atoms with Crippen LogP contribution >= 0.6 is 0 Å². The number of para-hydroxylation sites is 2. The van der Waals surface area contributed by atoms with Gasteiger partial charge in [0.15, 0.2) is 0 Å². The van der Waals surface area contributed by atoms with E-state index < -0.39 is 0 Å². The lowest BCUT2D eigenvalue weighted by atomic mass is 10.2. The number of rotatable bonds is 5. The third kappa shape index (κ3) is 2.78. The van der Waals surface area contributed by atoms with Crippen molar-refractivity contribution in [1.29, 1.82) is 0 Å². The van der Waals surface area contributed by atoms with Crippen LogP contribution in [0.2, 0.25) is 0 Å². The zero-order valence-electron chi connectivity index (χ0n) is 10.2. The van der Waals surface area contributed by atoms with E-state index in [0.29, 0.717) is 13.2 Å². The van der Waals surface area contributed by atoms with E-state index in [-0.39, 0.29) is 6.04 Å². The van der Waals surface area contributed by atoms with Gasteiger partial charge in [-0.3, -0.25) is 4.98 Å². The van der Waals surface area contributed by atoms with E-state index in [1.165, 1.54) is 0 Å². The first-order valence-electron chi connectivity index (χ1n) is 5.82. The fourth-order valence-electron chi connectivity index (χ4n) is 1.69. The number of nitrogens with one attached hydrogen (secondary N) is 1. The highest BCUT2D eigenvalue weighted by Crippen LogP contribution is 2.14. The fraction of sp³-hybridized carbons (Fsp3) is 0.385. The van der Waals surface area contributed by atoms with Gasteiger partial charge in [0.25, 0.3) is 0 Å². The van der Waals surface area contributed by atoms with E-state index in [9.17, 15) is 0 Å². The van der Waals surface area contributed by atoms with E-state index in [0.717, 1.165) is 16.7 Å². The molecule has 1 heterocycles. The zero-order valence-corrected chi connectivity index (χ0v) is 10.2. The second-order valence-corrected chi connectivity index (χ2v) is 3.78. The molecule has 1 aromatic carbocycles. The summed E-state index contributed by atoms with van der Waals surface area (Å²) in [6, 6.07) is 7.96. The van der Waals surface area contributed by atoms with Crippen molar-refractivity contribution in [3.05, 3.63) is 36.2 Å². The zero-order chi connectivity index (χ0) is 12.1. The Morgan fingerprint density at radius 3 is 2.76 bits per heavy atom. The van der Waals surface area contributed by atoms with Crippen LogP contribution in [0.25, 0.3) is 11.0 Å². The first kappa shape index (κ1) is 12.0. The molecule has 1 atom stereocenters. The van der Waals surface area contributed by atoms with Gasteiger partial charge in [0.2, 0.25) is 0 Å². The Morgan fingerprint density at radius 2 is 2.06 bits per heavy atom. The Balaban J connectivity index is 2.27. The van der Waals surface area contributed by atoms with E-state index in [1.54, 1.807) is 0 Å². The van der Waals surface area contributed by atoms with Crippen LogP contribution in [0, 0.1) is 0 Å². The van der Waals surface area contributed by atoms with E-state index >= 15 is 0 Å². The maximum absolute atomic E-state index is 5.42. The monoisotopic (exact) mass is 231 g/mol. The molecule has 0 radical (unpaired) electrons. The highest BCUT2D eigenvalue weighted by molar-refractivity contribution is 5.73. The molecule has 90 valence electrons. The summed E-state index contributed by atoms with van der Waals surface area (Å²) >= 11 is 0. The second-order valence-electron chi connectivity index (χ2n) is 3.78. The SMILES string of the molecule is CCOCC(NC)c1cnc2ccccc2n1. The van der Waals surface area contributed by atoms with Gasteiger partial charge >= 0.3 is 0 Å². The third-order valence-electron chi connectivity index (χ3n) is 2.66. The molecule has 0 saturated heterocycles. The summed E-state index contributed by atoms with van der Waals surface area (Å²) in [5.41, 5.74) is 2.75. The molecule has 0 aliphatic heterocycles. The summed E-state index contributed by atoms with van der Waals surface area (Å²) < 4.78 is 5.42. The minimum atomic E-state index is 0.0899. The van der Waals surface area contributed by atoms with Crippen LogP contribution in [0.5, 0.6) is 0 Å². The highest BCUT2D eigenvalue weighted by atomic mass is 16.5. The molecule has 4 nitrogen and oxygen atoms in total. The van der Waals surface area contributed by atoms with Gasteiger partial charge in [0, 0.05) is 6.61 Å². The average Bonchev–Trinajstić information content (AvgIpc) is 2.39. The molecule has 1 unspecified atom stereocenters. The lowest BCUT2D eigenvalue weighted by Gasteiger charge is -2.15. The molecule has 0 bridgehead atoms. The van der Waals surface area contributed by atoms with E-state index in [4.69, 9.17) is 4.74 Å². The summed E-state index contributed by atoms with van der Waals surface area (Å²) in [6.07, 6.45) is 1.81. The molecule has 1 N–H and O–H groups in total. The van der Waals surface area contributed by atoms with Crippen molar-refractivity contribution in [2.45, 2.75) is 13.0 Å². The summed E-state index contributed by atoms with van der Waals surface area (Å²) in [6.45, 7) is 3.30. The molecular weight excluding hydrogens is 214 g/mol. The smallest absolute Gasteiger partial charge is 0.0890 e. The molecule has 17 heavy (non-hydrogen) atoms. The molecule has 1 aromatic heterocycles. The van der Waals surface area contributed by atoms with Gasteiger partial charge in [-0.1, -0.05) is 12.1 Å². The van der Waals surface area contributed by atoms with Gasteiger partial charge in [-0.15, -0.1) is 0 Å². The maximum atomic E-state index is 5.42. The molecular formula is C13H17N3O. The van der Waals surface area contributed by atoms with Gasteiger partial charge in [-0.05, 0) is 26.1 Å². The van der Waals surface area contributed by atoms with Gasteiger partial charge in [-0.2, -0.15) is 0 Å². The molecule has 0 amide bonds. The van der Waals surface area contributed by atoms with Crippen molar-refractivity contribution < 1.29 is 4.74 Å². The number of benzene rings is 1. The Morgan fingerprint density at radius 1 is 1.29 bits per heavy atom. The number of ether oxygens (including phenoxy) is 1. The van der Waals surface area contributed by atoms with Gasteiger partial charge in [0.05, 0.1) is 35.6 Å². The molecule has 0 aliphatic rings. The first-order chi connectivity index (χ1) is 8.35. The van der Waals surface area contributed by atoms with Crippen molar-refractivity contribution in [1.82, 2.24) is 15.3 Å². The number of aromatic nitrogens is 2. The molecule has 4 heteroatoms. The Kier molecular flexibility index (Phi) is 4.01. The molecule has 0 saturated carbocycles. The Hall–Kier alpha value is -1.52. The standard InChI is InChI=1S/C13H17N3O/c1-3-17-9-13(14-2)12-8-15-10-6-4-5-7-11(10)16-12/h4-8,13-14H,3,9H2,1-2H3. The van der Waals surface area contributed by atoms with Crippen molar-refractivity contribution in [3.8, 4) is 0 Å².